The summed E-state index contributed by atoms with van der Waals surface area (Å²) in [5.41, 5.74) is 6.98. The topological polar surface area (TPSA) is 217 Å². The van der Waals surface area contributed by atoms with Crippen molar-refractivity contribution in [1.29, 1.82) is 0 Å². The van der Waals surface area contributed by atoms with Crippen LogP contribution in [0.5, 0.6) is 0 Å². The van der Waals surface area contributed by atoms with E-state index in [1.165, 1.54) is 12.5 Å². The summed E-state index contributed by atoms with van der Waals surface area (Å²) in [5.74, 6) is -4.88. The normalized spacial score (nSPS) is 14.1. The van der Waals surface area contributed by atoms with E-state index in [1.54, 1.807) is 44.2 Å². The average molecular weight is 531 g/mol. The molecule has 8 N–H and O–H groups in total. The van der Waals surface area contributed by atoms with Crippen LogP contribution in [0.1, 0.15) is 37.9 Å². The molecule has 0 aliphatic carbocycles. The Morgan fingerprint density at radius 2 is 1.58 bits per heavy atom. The summed E-state index contributed by atoms with van der Waals surface area (Å²) in [6.45, 7) is 3.36. The molecule has 1 heterocycles. The molecule has 0 aliphatic heterocycles. The molecule has 0 saturated heterocycles. The highest BCUT2D eigenvalue weighted by molar-refractivity contribution is 5.94. The lowest BCUT2D eigenvalue weighted by Crippen LogP contribution is -2.59. The summed E-state index contributed by atoms with van der Waals surface area (Å²) in [7, 11) is 0. The Morgan fingerprint density at radius 3 is 2.13 bits per heavy atom. The van der Waals surface area contributed by atoms with Crippen LogP contribution in [0.15, 0.2) is 42.9 Å². The second kappa shape index (κ2) is 14.5. The van der Waals surface area contributed by atoms with Crippen molar-refractivity contribution < 1.29 is 34.2 Å². The standard InChI is InChI=1S/C25H34N6O7/c1-14(2)21(31-22(34)17(26)8-9-20(32)33)24(36)29-18(11-16-12-27-13-28-16)23(35)30-19(25(37)38)10-15-6-4-3-5-7-15/h3-7,12-14,17-19,21H,8-11,26H2,1-2H3,(H,27,28)(H,29,36)(H,30,35)(H,31,34)(H,32,33)(H,37,38). The van der Waals surface area contributed by atoms with Crippen LogP contribution in [-0.4, -0.2) is 74.0 Å². The van der Waals surface area contributed by atoms with Crippen molar-refractivity contribution in [3.05, 3.63) is 54.1 Å². The first-order valence-corrected chi connectivity index (χ1v) is 12.1. The molecule has 3 amide bonds. The van der Waals surface area contributed by atoms with Crippen LogP contribution in [0.25, 0.3) is 0 Å². The van der Waals surface area contributed by atoms with E-state index in [0.717, 1.165) is 0 Å². The van der Waals surface area contributed by atoms with E-state index in [-0.39, 0.29) is 25.7 Å². The molecule has 2 aromatic rings. The van der Waals surface area contributed by atoms with Gasteiger partial charge in [0.1, 0.15) is 18.1 Å². The lowest BCUT2D eigenvalue weighted by atomic mass is 10.0. The molecule has 0 radical (unpaired) electrons. The van der Waals surface area contributed by atoms with Gasteiger partial charge < -0.3 is 36.9 Å². The van der Waals surface area contributed by atoms with Gasteiger partial charge in [-0.25, -0.2) is 9.78 Å². The van der Waals surface area contributed by atoms with Gasteiger partial charge in [0.15, 0.2) is 0 Å². The predicted octanol–water partition coefficient (Wildman–Crippen LogP) is -0.418. The quantitative estimate of drug-likeness (QED) is 0.159. The highest BCUT2D eigenvalue weighted by atomic mass is 16.4. The maximum atomic E-state index is 13.2. The van der Waals surface area contributed by atoms with Gasteiger partial charge in [0.05, 0.1) is 12.4 Å². The predicted molar refractivity (Wildman–Crippen MR) is 136 cm³/mol. The number of H-pyrrole nitrogens is 1. The Balaban J connectivity index is 2.16. The van der Waals surface area contributed by atoms with Gasteiger partial charge in [-0.05, 0) is 17.9 Å². The zero-order chi connectivity index (χ0) is 28.2. The lowest BCUT2D eigenvalue weighted by molar-refractivity contribution is -0.142. The number of carboxylic acids is 2. The Hall–Kier alpha value is -4.26. The first-order valence-electron chi connectivity index (χ1n) is 12.1. The van der Waals surface area contributed by atoms with Crippen LogP contribution in [0.3, 0.4) is 0 Å². The summed E-state index contributed by atoms with van der Waals surface area (Å²) in [4.78, 5) is 68.2. The number of aliphatic carboxylic acids is 2. The van der Waals surface area contributed by atoms with Crippen molar-refractivity contribution in [1.82, 2.24) is 25.9 Å². The second-order valence-electron chi connectivity index (χ2n) is 9.20. The molecule has 1 aromatic heterocycles. The molecular weight excluding hydrogens is 496 g/mol. The number of hydrogen-bond donors (Lipinski definition) is 7. The highest BCUT2D eigenvalue weighted by Gasteiger charge is 2.32. The van der Waals surface area contributed by atoms with Crippen molar-refractivity contribution in [2.45, 2.75) is 63.7 Å². The lowest BCUT2D eigenvalue weighted by Gasteiger charge is -2.27. The summed E-state index contributed by atoms with van der Waals surface area (Å²) in [5, 5.41) is 26.1. The summed E-state index contributed by atoms with van der Waals surface area (Å²) < 4.78 is 0. The minimum atomic E-state index is -1.25. The number of carboxylic acid groups (broad SMARTS) is 2. The Labute approximate surface area is 219 Å². The van der Waals surface area contributed by atoms with Gasteiger partial charge in [0, 0.05) is 31.2 Å². The van der Waals surface area contributed by atoms with E-state index in [2.05, 4.69) is 25.9 Å². The number of carbonyl (C=O) groups is 5. The third-order valence-electron chi connectivity index (χ3n) is 5.76. The van der Waals surface area contributed by atoms with Crippen LogP contribution >= 0.6 is 0 Å². The number of nitrogens with two attached hydrogens (primary N) is 1. The zero-order valence-electron chi connectivity index (χ0n) is 21.2. The SMILES string of the molecule is CC(C)C(NC(=O)C(N)CCC(=O)O)C(=O)NC(Cc1cnc[nH]1)C(=O)NC(Cc1ccccc1)C(=O)O. The number of rotatable bonds is 15. The molecule has 0 bridgehead atoms. The van der Waals surface area contributed by atoms with Crippen molar-refractivity contribution in [2.75, 3.05) is 0 Å². The molecule has 4 atom stereocenters. The Morgan fingerprint density at radius 1 is 0.921 bits per heavy atom. The molecule has 13 heteroatoms. The van der Waals surface area contributed by atoms with Crippen molar-refractivity contribution in [3.8, 4) is 0 Å². The first-order chi connectivity index (χ1) is 18.0. The van der Waals surface area contributed by atoms with E-state index in [4.69, 9.17) is 10.8 Å². The van der Waals surface area contributed by atoms with Gasteiger partial charge in [-0.1, -0.05) is 44.2 Å². The number of nitrogens with zero attached hydrogens (tertiary/aromatic N) is 1. The molecule has 0 saturated carbocycles. The second-order valence-corrected chi connectivity index (χ2v) is 9.20. The average Bonchev–Trinajstić information content (AvgIpc) is 3.38. The van der Waals surface area contributed by atoms with Gasteiger partial charge in [-0.3, -0.25) is 19.2 Å². The molecule has 38 heavy (non-hydrogen) atoms. The monoisotopic (exact) mass is 530 g/mol. The maximum absolute atomic E-state index is 13.2. The molecule has 206 valence electrons. The van der Waals surface area contributed by atoms with Crippen LogP contribution < -0.4 is 21.7 Å². The minimum absolute atomic E-state index is 0.0217. The van der Waals surface area contributed by atoms with E-state index >= 15 is 0 Å². The van der Waals surface area contributed by atoms with Gasteiger partial charge in [0.25, 0.3) is 0 Å². The third kappa shape index (κ3) is 9.65. The maximum Gasteiger partial charge on any atom is 0.326 e. The zero-order valence-corrected chi connectivity index (χ0v) is 21.2. The fourth-order valence-corrected chi connectivity index (χ4v) is 3.61. The smallest absolute Gasteiger partial charge is 0.326 e. The summed E-state index contributed by atoms with van der Waals surface area (Å²) in [6.07, 6.45) is 2.45. The third-order valence-corrected chi connectivity index (χ3v) is 5.76. The Bertz CT molecular complexity index is 1090. The fraction of sp³-hybridized carbons (Fsp3) is 0.440. The fourth-order valence-electron chi connectivity index (χ4n) is 3.61. The van der Waals surface area contributed by atoms with Gasteiger partial charge in [-0.15, -0.1) is 0 Å². The molecule has 0 spiro atoms. The van der Waals surface area contributed by atoms with Crippen LogP contribution in [-0.2, 0) is 36.8 Å². The Kier molecular flexibility index (Phi) is 11.4. The van der Waals surface area contributed by atoms with Crippen LogP contribution in [0, 0.1) is 5.92 Å². The van der Waals surface area contributed by atoms with Crippen molar-refractivity contribution in [3.63, 3.8) is 0 Å². The summed E-state index contributed by atoms with van der Waals surface area (Å²) in [6, 6.07) is 4.10. The number of nitrogens with one attached hydrogen (secondary N) is 4. The number of hydrogen-bond acceptors (Lipinski definition) is 7. The molecule has 4 unspecified atom stereocenters. The molecule has 1 aromatic carbocycles. The number of carbonyl (C=O) groups excluding carboxylic acids is 3. The molecule has 2 rings (SSSR count). The number of aromatic amines is 1. The van der Waals surface area contributed by atoms with E-state index in [1.807, 2.05) is 0 Å². The number of benzene rings is 1. The molecule has 0 fully saturated rings. The van der Waals surface area contributed by atoms with E-state index in [0.29, 0.717) is 11.3 Å². The van der Waals surface area contributed by atoms with E-state index < -0.39 is 59.7 Å². The minimum Gasteiger partial charge on any atom is -0.481 e. The molecule has 13 nitrogen and oxygen atoms in total. The van der Waals surface area contributed by atoms with Crippen LogP contribution in [0.4, 0.5) is 0 Å². The first kappa shape index (κ1) is 30.0. The van der Waals surface area contributed by atoms with Gasteiger partial charge in [0.2, 0.25) is 17.7 Å². The molecule has 0 aliphatic rings. The van der Waals surface area contributed by atoms with Gasteiger partial charge in [-0.2, -0.15) is 0 Å². The highest BCUT2D eigenvalue weighted by Crippen LogP contribution is 2.08. The molecular formula is C25H34N6O7. The van der Waals surface area contributed by atoms with E-state index in [9.17, 15) is 29.1 Å². The number of amides is 3. The number of aromatic nitrogens is 2. The summed E-state index contributed by atoms with van der Waals surface area (Å²) >= 11 is 0. The van der Waals surface area contributed by atoms with Gasteiger partial charge >= 0.3 is 11.9 Å². The van der Waals surface area contributed by atoms with Crippen molar-refractivity contribution >= 4 is 29.7 Å². The van der Waals surface area contributed by atoms with Crippen molar-refractivity contribution in [2.24, 2.45) is 11.7 Å². The van der Waals surface area contributed by atoms with Crippen LogP contribution in [0.2, 0.25) is 0 Å². The number of imidazole rings is 1. The largest absolute Gasteiger partial charge is 0.481 e.